The lowest BCUT2D eigenvalue weighted by molar-refractivity contribution is 0.0691. The zero-order chi connectivity index (χ0) is 15.6. The molecule has 0 aliphatic carbocycles. The summed E-state index contributed by atoms with van der Waals surface area (Å²) in [5.74, 6) is -2.87. The van der Waals surface area contributed by atoms with Crippen molar-refractivity contribution >= 4 is 33.7 Å². The summed E-state index contributed by atoms with van der Waals surface area (Å²) in [4.78, 5) is 11.4. The van der Waals surface area contributed by atoms with E-state index in [2.05, 4.69) is 15.9 Å². The Hall–Kier alpha value is -1.91. The molecule has 0 aliphatic rings. The molecule has 3 nitrogen and oxygen atoms in total. The lowest BCUT2D eigenvalue weighted by Gasteiger charge is -2.07. The van der Waals surface area contributed by atoms with E-state index in [1.54, 1.807) is 0 Å². The van der Waals surface area contributed by atoms with Crippen LogP contribution in [0.2, 0.25) is 0 Å². The summed E-state index contributed by atoms with van der Waals surface area (Å²) in [6.07, 6.45) is 0. The average molecular weight is 370 g/mol. The van der Waals surface area contributed by atoms with Gasteiger partial charge >= 0.3 is 5.97 Å². The van der Waals surface area contributed by atoms with Crippen LogP contribution in [-0.2, 0) is 0 Å². The number of rotatable bonds is 3. The summed E-state index contributed by atoms with van der Waals surface area (Å²) < 4.78 is 27.4. The second-order valence-corrected chi connectivity index (χ2v) is 5.81. The van der Waals surface area contributed by atoms with Crippen molar-refractivity contribution in [2.45, 2.75) is 9.79 Å². The lowest BCUT2D eigenvalue weighted by atomic mass is 10.2. The molecule has 0 bridgehead atoms. The van der Waals surface area contributed by atoms with Gasteiger partial charge < -0.3 is 5.11 Å². The number of carboxylic acid groups (broad SMARTS) is 1. The molecule has 1 N–H and O–H groups in total. The van der Waals surface area contributed by atoms with Crippen molar-refractivity contribution in [1.29, 1.82) is 5.26 Å². The van der Waals surface area contributed by atoms with Crippen molar-refractivity contribution in [3.05, 3.63) is 57.6 Å². The van der Waals surface area contributed by atoms with Gasteiger partial charge in [0.05, 0.1) is 15.6 Å². The lowest BCUT2D eigenvalue weighted by Crippen LogP contribution is -2.00. The zero-order valence-corrected chi connectivity index (χ0v) is 12.6. The molecule has 0 unspecified atom stereocenters. The minimum absolute atomic E-state index is 0.0376. The number of nitrogens with zero attached hydrogens (tertiary/aromatic N) is 1. The SMILES string of the molecule is N#Cc1ccc(Sc2ccc(F)c(C(=O)O)c2)c(F)c1Br. The first-order valence-electron chi connectivity index (χ1n) is 5.53. The van der Waals surface area contributed by atoms with Gasteiger partial charge in [0.1, 0.15) is 11.9 Å². The Morgan fingerprint density at radius 2 is 2.00 bits per heavy atom. The van der Waals surface area contributed by atoms with Gasteiger partial charge in [0.25, 0.3) is 0 Å². The van der Waals surface area contributed by atoms with Crippen molar-refractivity contribution in [1.82, 2.24) is 0 Å². The fourth-order valence-electron chi connectivity index (χ4n) is 1.56. The second-order valence-electron chi connectivity index (χ2n) is 3.90. The number of benzene rings is 2. The van der Waals surface area contributed by atoms with Crippen LogP contribution in [0.4, 0.5) is 8.78 Å². The Bertz CT molecular complexity index is 774. The van der Waals surface area contributed by atoms with E-state index in [9.17, 15) is 13.6 Å². The number of hydrogen-bond donors (Lipinski definition) is 1. The van der Waals surface area contributed by atoms with Gasteiger partial charge in [-0.25, -0.2) is 13.6 Å². The normalized spacial score (nSPS) is 10.2. The van der Waals surface area contributed by atoms with Crippen LogP contribution in [0.15, 0.2) is 44.6 Å². The quantitative estimate of drug-likeness (QED) is 0.867. The third-order valence-electron chi connectivity index (χ3n) is 2.56. The smallest absolute Gasteiger partial charge is 0.338 e. The maximum Gasteiger partial charge on any atom is 0.338 e. The summed E-state index contributed by atoms with van der Waals surface area (Å²) in [6, 6.07) is 8.19. The molecule has 21 heavy (non-hydrogen) atoms. The Morgan fingerprint density at radius 1 is 1.29 bits per heavy atom. The topological polar surface area (TPSA) is 61.1 Å². The van der Waals surface area contributed by atoms with Crippen LogP contribution in [0.3, 0.4) is 0 Å². The molecule has 0 saturated heterocycles. The first kappa shape index (κ1) is 15.5. The molecular weight excluding hydrogens is 364 g/mol. The molecule has 0 aliphatic heterocycles. The third kappa shape index (κ3) is 3.23. The fourth-order valence-corrected chi connectivity index (χ4v) is 3.02. The van der Waals surface area contributed by atoms with Crippen molar-refractivity contribution in [3.8, 4) is 6.07 Å². The Labute approximate surface area is 131 Å². The molecule has 0 radical (unpaired) electrons. The predicted octanol–water partition coefficient (Wildman–Crippen LogP) is 4.45. The van der Waals surface area contributed by atoms with Gasteiger partial charge in [-0.15, -0.1) is 0 Å². The molecule has 106 valence electrons. The molecule has 2 rings (SSSR count). The van der Waals surface area contributed by atoms with Crippen LogP contribution < -0.4 is 0 Å². The highest BCUT2D eigenvalue weighted by Crippen LogP contribution is 2.35. The minimum Gasteiger partial charge on any atom is -0.478 e. The molecule has 0 atom stereocenters. The Morgan fingerprint density at radius 3 is 2.62 bits per heavy atom. The number of nitriles is 1. The standard InChI is InChI=1S/C14H6BrF2NO2S/c15-12-7(6-18)1-4-11(13(12)17)21-8-2-3-10(16)9(5-8)14(19)20/h1-5H,(H,19,20). The van der Waals surface area contributed by atoms with E-state index in [0.717, 1.165) is 23.9 Å². The highest BCUT2D eigenvalue weighted by Gasteiger charge is 2.15. The summed E-state index contributed by atoms with van der Waals surface area (Å²) in [5, 5.41) is 17.6. The number of carboxylic acids is 1. The van der Waals surface area contributed by atoms with Gasteiger partial charge in [-0.05, 0) is 46.3 Å². The van der Waals surface area contributed by atoms with Crippen LogP contribution in [0, 0.1) is 23.0 Å². The summed E-state index contributed by atoms with van der Waals surface area (Å²) >= 11 is 3.93. The Kier molecular flexibility index (Phi) is 4.60. The van der Waals surface area contributed by atoms with E-state index < -0.39 is 23.2 Å². The second kappa shape index (κ2) is 6.24. The summed E-state index contributed by atoms with van der Waals surface area (Å²) in [6.45, 7) is 0. The maximum absolute atomic E-state index is 14.1. The number of halogens is 3. The van der Waals surface area contributed by atoms with Gasteiger partial charge in [0, 0.05) is 9.79 Å². The molecule has 0 heterocycles. The highest BCUT2D eigenvalue weighted by molar-refractivity contribution is 9.10. The van der Waals surface area contributed by atoms with Crippen LogP contribution in [0.5, 0.6) is 0 Å². The van der Waals surface area contributed by atoms with E-state index >= 15 is 0 Å². The molecule has 0 aromatic heterocycles. The first-order chi connectivity index (χ1) is 9.93. The number of aromatic carboxylic acids is 1. The van der Waals surface area contributed by atoms with E-state index in [-0.39, 0.29) is 14.9 Å². The summed E-state index contributed by atoms with van der Waals surface area (Å²) in [5.41, 5.74) is -0.324. The van der Waals surface area contributed by atoms with Crippen molar-refractivity contribution in [2.24, 2.45) is 0 Å². The highest BCUT2D eigenvalue weighted by atomic mass is 79.9. The van der Waals surface area contributed by atoms with Crippen molar-refractivity contribution in [2.75, 3.05) is 0 Å². The third-order valence-corrected chi connectivity index (χ3v) is 4.36. The van der Waals surface area contributed by atoms with Gasteiger partial charge in [-0.1, -0.05) is 11.8 Å². The summed E-state index contributed by atoms with van der Waals surface area (Å²) in [7, 11) is 0. The van der Waals surface area contributed by atoms with Crippen LogP contribution in [-0.4, -0.2) is 11.1 Å². The van der Waals surface area contributed by atoms with Crippen LogP contribution in [0.1, 0.15) is 15.9 Å². The van der Waals surface area contributed by atoms with E-state index in [1.807, 2.05) is 6.07 Å². The fraction of sp³-hybridized carbons (Fsp3) is 0. The van der Waals surface area contributed by atoms with E-state index in [1.165, 1.54) is 18.2 Å². The molecule has 0 saturated carbocycles. The van der Waals surface area contributed by atoms with Gasteiger partial charge in [0.2, 0.25) is 0 Å². The van der Waals surface area contributed by atoms with Crippen molar-refractivity contribution in [3.63, 3.8) is 0 Å². The molecule has 0 amide bonds. The molecule has 0 fully saturated rings. The Balaban J connectivity index is 2.40. The van der Waals surface area contributed by atoms with Gasteiger partial charge in [-0.2, -0.15) is 5.26 Å². The monoisotopic (exact) mass is 369 g/mol. The number of hydrogen-bond acceptors (Lipinski definition) is 3. The molecular formula is C14H6BrF2NO2S. The first-order valence-corrected chi connectivity index (χ1v) is 7.13. The van der Waals surface area contributed by atoms with E-state index in [4.69, 9.17) is 10.4 Å². The molecule has 2 aromatic rings. The van der Waals surface area contributed by atoms with Crippen molar-refractivity contribution < 1.29 is 18.7 Å². The molecule has 0 spiro atoms. The molecule has 7 heteroatoms. The predicted molar refractivity (Wildman–Crippen MR) is 76.3 cm³/mol. The largest absolute Gasteiger partial charge is 0.478 e. The minimum atomic E-state index is -1.39. The number of carbonyl (C=O) groups is 1. The maximum atomic E-state index is 14.1. The van der Waals surface area contributed by atoms with Gasteiger partial charge in [-0.3, -0.25) is 0 Å². The van der Waals surface area contributed by atoms with Crippen LogP contribution in [0.25, 0.3) is 0 Å². The van der Waals surface area contributed by atoms with Crippen LogP contribution >= 0.6 is 27.7 Å². The average Bonchev–Trinajstić information content (AvgIpc) is 2.46. The zero-order valence-electron chi connectivity index (χ0n) is 10.2. The van der Waals surface area contributed by atoms with E-state index in [0.29, 0.717) is 4.90 Å². The van der Waals surface area contributed by atoms with Gasteiger partial charge in [0.15, 0.2) is 5.82 Å². The molecule has 2 aromatic carbocycles.